The van der Waals surface area contributed by atoms with Crippen LogP contribution in [0.25, 0.3) is 0 Å². The van der Waals surface area contributed by atoms with Crippen LogP contribution in [0.2, 0.25) is 10.0 Å². The topological polar surface area (TPSA) is 62.5 Å². The predicted molar refractivity (Wildman–Crippen MR) is 104 cm³/mol. The fourth-order valence-electron chi connectivity index (χ4n) is 2.82. The summed E-state index contributed by atoms with van der Waals surface area (Å²) in [5.74, 6) is -0.127. The van der Waals surface area contributed by atoms with Crippen LogP contribution in [0.1, 0.15) is 30.5 Å². The molecule has 26 heavy (non-hydrogen) atoms. The SMILES string of the molecule is CCCN(C(=O)Cc1ccc(Cl)c(Cl)c1)C(CO)c1ccc(=O)n(C)c1. The minimum Gasteiger partial charge on any atom is -0.394 e. The first-order valence-electron chi connectivity index (χ1n) is 8.38. The molecule has 0 spiro atoms. The first-order valence-corrected chi connectivity index (χ1v) is 9.13. The van der Waals surface area contributed by atoms with Gasteiger partial charge in [0.1, 0.15) is 0 Å². The second-order valence-corrected chi connectivity index (χ2v) is 6.94. The Hall–Kier alpha value is -1.82. The Labute approximate surface area is 162 Å². The van der Waals surface area contributed by atoms with Gasteiger partial charge in [-0.05, 0) is 35.7 Å². The molecule has 0 aliphatic heterocycles. The van der Waals surface area contributed by atoms with Crippen LogP contribution >= 0.6 is 23.2 Å². The third-order valence-electron chi connectivity index (χ3n) is 4.17. The molecule has 1 atom stereocenters. The number of hydrogen-bond acceptors (Lipinski definition) is 3. The number of pyridine rings is 1. The maximum atomic E-state index is 12.9. The third-order valence-corrected chi connectivity index (χ3v) is 4.91. The molecule has 0 bridgehead atoms. The standard InChI is InChI=1S/C19H22Cl2N2O3/c1-3-8-23(17(12-24)14-5-7-18(25)22(2)11-14)19(26)10-13-4-6-15(20)16(21)9-13/h4-7,9,11,17,24H,3,8,10,12H2,1-2H3. The number of halogens is 2. The molecule has 0 fully saturated rings. The lowest BCUT2D eigenvalue weighted by molar-refractivity contribution is -0.134. The summed E-state index contributed by atoms with van der Waals surface area (Å²) in [6.45, 7) is 2.23. The maximum absolute atomic E-state index is 12.9. The molecule has 7 heteroatoms. The molecule has 2 rings (SSSR count). The predicted octanol–water partition coefficient (Wildman–Crippen LogP) is 3.21. The molecule has 0 aliphatic rings. The summed E-state index contributed by atoms with van der Waals surface area (Å²) >= 11 is 11.9. The van der Waals surface area contributed by atoms with E-state index in [9.17, 15) is 14.7 Å². The first-order chi connectivity index (χ1) is 12.4. The second-order valence-electron chi connectivity index (χ2n) is 6.12. The average molecular weight is 397 g/mol. The third kappa shape index (κ3) is 4.87. The van der Waals surface area contributed by atoms with Crippen LogP contribution in [0, 0.1) is 0 Å². The Bertz CT molecular complexity index is 836. The Morgan fingerprint density at radius 1 is 1.23 bits per heavy atom. The molecule has 1 aromatic heterocycles. The summed E-state index contributed by atoms with van der Waals surface area (Å²) in [7, 11) is 1.64. The molecular formula is C19H22Cl2N2O3. The molecule has 1 unspecified atom stereocenters. The molecule has 0 radical (unpaired) electrons. The Morgan fingerprint density at radius 2 is 1.96 bits per heavy atom. The van der Waals surface area contributed by atoms with Gasteiger partial charge in [0.05, 0.1) is 29.1 Å². The van der Waals surface area contributed by atoms with E-state index >= 15 is 0 Å². The van der Waals surface area contributed by atoms with Crippen molar-refractivity contribution in [1.82, 2.24) is 9.47 Å². The van der Waals surface area contributed by atoms with Crippen LogP contribution in [-0.4, -0.2) is 33.6 Å². The van der Waals surface area contributed by atoms with Crippen LogP contribution in [0.4, 0.5) is 0 Å². The monoisotopic (exact) mass is 396 g/mol. The van der Waals surface area contributed by atoms with E-state index in [0.29, 0.717) is 22.2 Å². The number of aliphatic hydroxyl groups excluding tert-OH is 1. The van der Waals surface area contributed by atoms with E-state index in [1.807, 2.05) is 6.92 Å². The molecule has 2 aromatic rings. The zero-order valence-corrected chi connectivity index (χ0v) is 16.3. The molecule has 1 heterocycles. The lowest BCUT2D eigenvalue weighted by Crippen LogP contribution is -2.38. The van der Waals surface area contributed by atoms with Gasteiger partial charge in [-0.3, -0.25) is 9.59 Å². The van der Waals surface area contributed by atoms with E-state index in [-0.39, 0.29) is 24.5 Å². The van der Waals surface area contributed by atoms with Gasteiger partial charge in [0, 0.05) is 25.9 Å². The van der Waals surface area contributed by atoms with E-state index in [2.05, 4.69) is 0 Å². The zero-order chi connectivity index (χ0) is 19.3. The number of aliphatic hydroxyl groups is 1. The fraction of sp³-hybridized carbons (Fsp3) is 0.368. The van der Waals surface area contributed by atoms with E-state index < -0.39 is 6.04 Å². The lowest BCUT2D eigenvalue weighted by Gasteiger charge is -2.31. The Morgan fingerprint density at radius 3 is 2.54 bits per heavy atom. The van der Waals surface area contributed by atoms with Crippen LogP contribution in [-0.2, 0) is 18.3 Å². The van der Waals surface area contributed by atoms with Gasteiger partial charge in [-0.25, -0.2) is 0 Å². The van der Waals surface area contributed by atoms with Crippen molar-refractivity contribution in [2.24, 2.45) is 7.05 Å². The molecule has 1 amide bonds. The maximum Gasteiger partial charge on any atom is 0.250 e. The van der Waals surface area contributed by atoms with Crippen molar-refractivity contribution in [2.45, 2.75) is 25.8 Å². The highest BCUT2D eigenvalue weighted by Gasteiger charge is 2.24. The van der Waals surface area contributed by atoms with Gasteiger partial charge in [0.25, 0.3) is 0 Å². The van der Waals surface area contributed by atoms with Gasteiger partial charge in [-0.2, -0.15) is 0 Å². The van der Waals surface area contributed by atoms with E-state index in [0.717, 1.165) is 12.0 Å². The van der Waals surface area contributed by atoms with Crippen molar-refractivity contribution in [3.05, 3.63) is 68.1 Å². The number of aromatic nitrogens is 1. The van der Waals surface area contributed by atoms with Crippen LogP contribution in [0.3, 0.4) is 0 Å². The van der Waals surface area contributed by atoms with Gasteiger partial charge >= 0.3 is 0 Å². The fourth-order valence-corrected chi connectivity index (χ4v) is 3.14. The van der Waals surface area contributed by atoms with Gasteiger partial charge in [-0.15, -0.1) is 0 Å². The number of hydrogen-bond donors (Lipinski definition) is 1. The molecule has 1 N–H and O–H groups in total. The number of carbonyl (C=O) groups is 1. The normalized spacial score (nSPS) is 12.0. The van der Waals surface area contributed by atoms with Crippen LogP contribution in [0.5, 0.6) is 0 Å². The number of benzene rings is 1. The highest BCUT2D eigenvalue weighted by atomic mass is 35.5. The lowest BCUT2D eigenvalue weighted by atomic mass is 10.1. The Balaban J connectivity index is 2.28. The number of aryl methyl sites for hydroxylation is 1. The highest BCUT2D eigenvalue weighted by Crippen LogP contribution is 2.25. The minimum absolute atomic E-state index is 0.127. The van der Waals surface area contributed by atoms with Crippen molar-refractivity contribution in [3.8, 4) is 0 Å². The van der Waals surface area contributed by atoms with Gasteiger partial charge in [0.15, 0.2) is 0 Å². The first kappa shape index (κ1) is 20.5. The zero-order valence-electron chi connectivity index (χ0n) is 14.8. The van der Waals surface area contributed by atoms with Gasteiger partial charge < -0.3 is 14.6 Å². The molecule has 0 saturated carbocycles. The highest BCUT2D eigenvalue weighted by molar-refractivity contribution is 6.42. The molecule has 5 nitrogen and oxygen atoms in total. The summed E-state index contributed by atoms with van der Waals surface area (Å²) in [4.78, 5) is 26.1. The van der Waals surface area contributed by atoms with Crippen LogP contribution < -0.4 is 5.56 Å². The molecule has 0 aliphatic carbocycles. The number of carbonyl (C=O) groups excluding carboxylic acids is 1. The largest absolute Gasteiger partial charge is 0.394 e. The number of amides is 1. The summed E-state index contributed by atoms with van der Waals surface area (Å²) in [5.41, 5.74) is 1.32. The quantitative estimate of drug-likeness (QED) is 0.781. The van der Waals surface area contributed by atoms with Gasteiger partial charge in [-0.1, -0.05) is 36.2 Å². The number of rotatable bonds is 7. The molecular weight excluding hydrogens is 375 g/mol. The molecule has 0 saturated heterocycles. The molecule has 1 aromatic carbocycles. The average Bonchev–Trinajstić information content (AvgIpc) is 2.61. The van der Waals surface area contributed by atoms with E-state index in [1.54, 1.807) is 42.4 Å². The summed E-state index contributed by atoms with van der Waals surface area (Å²) < 4.78 is 1.44. The number of nitrogens with zero attached hydrogens (tertiary/aromatic N) is 2. The summed E-state index contributed by atoms with van der Waals surface area (Å²) in [6.07, 6.45) is 2.55. The van der Waals surface area contributed by atoms with Crippen molar-refractivity contribution in [1.29, 1.82) is 0 Å². The van der Waals surface area contributed by atoms with E-state index in [1.165, 1.54) is 10.6 Å². The second kappa shape index (κ2) is 9.21. The van der Waals surface area contributed by atoms with Crippen molar-refractivity contribution < 1.29 is 9.90 Å². The van der Waals surface area contributed by atoms with Crippen molar-refractivity contribution in [2.75, 3.05) is 13.2 Å². The van der Waals surface area contributed by atoms with Crippen molar-refractivity contribution in [3.63, 3.8) is 0 Å². The minimum atomic E-state index is -0.517. The van der Waals surface area contributed by atoms with Crippen molar-refractivity contribution >= 4 is 29.1 Å². The summed E-state index contributed by atoms with van der Waals surface area (Å²) in [5, 5.41) is 10.7. The smallest absolute Gasteiger partial charge is 0.250 e. The molecule has 140 valence electrons. The van der Waals surface area contributed by atoms with E-state index in [4.69, 9.17) is 23.2 Å². The van der Waals surface area contributed by atoms with Crippen LogP contribution in [0.15, 0.2) is 41.3 Å². The summed E-state index contributed by atoms with van der Waals surface area (Å²) in [6, 6.07) is 7.66. The van der Waals surface area contributed by atoms with Gasteiger partial charge in [0.2, 0.25) is 11.5 Å². The Kier molecular flexibility index (Phi) is 7.26.